The minimum absolute atomic E-state index is 0.918. The number of benzene rings is 6. The number of furan rings is 1. The summed E-state index contributed by atoms with van der Waals surface area (Å²) < 4.78 is 5.99. The summed E-state index contributed by atoms with van der Waals surface area (Å²) >= 11 is 0. The van der Waals surface area contributed by atoms with Gasteiger partial charge in [0, 0.05) is 22.1 Å². The maximum absolute atomic E-state index is 5.99. The third-order valence-electron chi connectivity index (χ3n) is 7.07. The normalized spacial score (nSPS) is 11.2. The van der Waals surface area contributed by atoms with Crippen LogP contribution in [-0.2, 0) is 0 Å². The number of anilines is 2. The number of nitrogens with one attached hydrogen (secondary N) is 1. The minimum atomic E-state index is 0.918. The van der Waals surface area contributed by atoms with Gasteiger partial charge < -0.3 is 9.73 Å². The summed E-state index contributed by atoms with van der Waals surface area (Å²) in [6.45, 7) is 0. The molecule has 7 rings (SSSR count). The van der Waals surface area contributed by atoms with Crippen LogP contribution in [0, 0.1) is 0 Å². The van der Waals surface area contributed by atoms with Crippen molar-refractivity contribution in [1.29, 1.82) is 0 Å². The predicted molar refractivity (Wildman–Crippen MR) is 160 cm³/mol. The van der Waals surface area contributed by atoms with Crippen molar-refractivity contribution in [1.82, 2.24) is 0 Å². The maximum atomic E-state index is 5.99. The van der Waals surface area contributed by atoms with Crippen molar-refractivity contribution >= 4 is 33.3 Å². The molecule has 38 heavy (non-hydrogen) atoms. The van der Waals surface area contributed by atoms with E-state index in [1.807, 2.05) is 12.1 Å². The van der Waals surface area contributed by atoms with E-state index in [1.165, 1.54) is 33.4 Å². The van der Waals surface area contributed by atoms with Crippen molar-refractivity contribution < 1.29 is 4.42 Å². The Morgan fingerprint density at radius 3 is 1.87 bits per heavy atom. The van der Waals surface area contributed by atoms with Crippen LogP contribution in [-0.4, -0.2) is 0 Å². The van der Waals surface area contributed by atoms with Gasteiger partial charge in [0.2, 0.25) is 0 Å². The van der Waals surface area contributed by atoms with E-state index in [9.17, 15) is 0 Å². The molecule has 0 saturated carbocycles. The molecule has 1 aromatic heterocycles. The second kappa shape index (κ2) is 9.42. The molecule has 1 N–H and O–H groups in total. The second-order valence-corrected chi connectivity index (χ2v) is 9.50. The van der Waals surface area contributed by atoms with Crippen LogP contribution in [0.1, 0.15) is 0 Å². The Balaban J connectivity index is 1.16. The number of hydrogen-bond acceptors (Lipinski definition) is 2. The van der Waals surface area contributed by atoms with E-state index < -0.39 is 0 Å². The minimum Gasteiger partial charge on any atom is -0.456 e. The molecule has 2 heteroatoms. The van der Waals surface area contributed by atoms with Gasteiger partial charge >= 0.3 is 0 Å². The molecule has 7 aromatic rings. The van der Waals surface area contributed by atoms with Crippen molar-refractivity contribution in [3.8, 4) is 33.4 Å². The third kappa shape index (κ3) is 4.12. The molecule has 0 fully saturated rings. The fraction of sp³-hybridized carbons (Fsp3) is 0. The van der Waals surface area contributed by atoms with Gasteiger partial charge in [-0.2, -0.15) is 0 Å². The van der Waals surface area contributed by atoms with Crippen LogP contribution in [0.15, 0.2) is 150 Å². The molecular weight excluding hydrogens is 462 g/mol. The Labute approximate surface area is 221 Å². The molecule has 0 bridgehead atoms. The first-order chi connectivity index (χ1) is 18.8. The van der Waals surface area contributed by atoms with Crippen LogP contribution in [0.2, 0.25) is 0 Å². The predicted octanol–water partition coefficient (Wildman–Crippen LogP) is 10.3. The summed E-state index contributed by atoms with van der Waals surface area (Å²) in [5, 5.41) is 5.88. The maximum Gasteiger partial charge on any atom is 0.135 e. The molecule has 0 aliphatic rings. The Morgan fingerprint density at radius 2 is 1.03 bits per heavy atom. The van der Waals surface area contributed by atoms with E-state index >= 15 is 0 Å². The highest BCUT2D eigenvalue weighted by Crippen LogP contribution is 2.35. The average Bonchev–Trinajstić information content (AvgIpc) is 3.36. The van der Waals surface area contributed by atoms with Crippen LogP contribution in [0.3, 0.4) is 0 Å². The summed E-state index contributed by atoms with van der Waals surface area (Å²) in [4.78, 5) is 0. The molecule has 0 unspecified atom stereocenters. The van der Waals surface area contributed by atoms with Crippen LogP contribution in [0.4, 0.5) is 11.4 Å². The van der Waals surface area contributed by atoms with Gasteiger partial charge in [-0.3, -0.25) is 0 Å². The molecule has 0 atom stereocenters. The van der Waals surface area contributed by atoms with Gasteiger partial charge in [-0.15, -0.1) is 0 Å². The van der Waals surface area contributed by atoms with Crippen LogP contribution >= 0.6 is 0 Å². The van der Waals surface area contributed by atoms with Gasteiger partial charge in [-0.25, -0.2) is 0 Å². The molecule has 0 spiro atoms. The van der Waals surface area contributed by atoms with Gasteiger partial charge in [0.1, 0.15) is 11.2 Å². The standard InChI is InChI=1S/C36H25NO/c1-2-9-26(10-3-1)31-13-4-5-14-32(31)28-11-8-12-30(23-28)37-29-20-17-25(18-21-29)27-19-22-36-34(24-27)33-15-6-7-16-35(33)38-36/h1-24,37H. The Morgan fingerprint density at radius 1 is 0.368 bits per heavy atom. The third-order valence-corrected chi connectivity index (χ3v) is 7.07. The first-order valence-electron chi connectivity index (χ1n) is 12.9. The highest BCUT2D eigenvalue weighted by Gasteiger charge is 2.09. The SMILES string of the molecule is c1ccc(-c2ccccc2-c2cccc(Nc3ccc(-c4ccc5oc6ccccc6c5c4)cc3)c2)cc1. The molecule has 0 amide bonds. The summed E-state index contributed by atoms with van der Waals surface area (Å²) in [6, 6.07) is 51.0. The van der Waals surface area contributed by atoms with E-state index in [4.69, 9.17) is 4.42 Å². The topological polar surface area (TPSA) is 25.2 Å². The zero-order valence-electron chi connectivity index (χ0n) is 20.8. The summed E-state index contributed by atoms with van der Waals surface area (Å²) in [6.07, 6.45) is 0. The van der Waals surface area contributed by atoms with Crippen LogP contribution < -0.4 is 5.32 Å². The molecule has 0 aliphatic heterocycles. The van der Waals surface area contributed by atoms with Crippen molar-refractivity contribution in [2.45, 2.75) is 0 Å². The van der Waals surface area contributed by atoms with Crippen molar-refractivity contribution in [2.24, 2.45) is 0 Å². The first-order valence-corrected chi connectivity index (χ1v) is 12.9. The van der Waals surface area contributed by atoms with E-state index in [0.717, 1.165) is 33.3 Å². The van der Waals surface area contributed by atoms with E-state index in [1.54, 1.807) is 0 Å². The molecule has 0 aliphatic carbocycles. The zero-order valence-corrected chi connectivity index (χ0v) is 20.8. The lowest BCUT2D eigenvalue weighted by atomic mass is 9.94. The summed E-state index contributed by atoms with van der Waals surface area (Å²) in [5.74, 6) is 0. The molecule has 6 aromatic carbocycles. The van der Waals surface area contributed by atoms with Gasteiger partial charge in [0.15, 0.2) is 0 Å². The molecule has 0 radical (unpaired) electrons. The summed E-state index contributed by atoms with van der Waals surface area (Å²) in [7, 11) is 0. The van der Waals surface area contributed by atoms with Gasteiger partial charge in [-0.05, 0) is 75.8 Å². The van der Waals surface area contributed by atoms with Crippen molar-refractivity contribution in [2.75, 3.05) is 5.32 Å². The van der Waals surface area contributed by atoms with Gasteiger partial charge in [0.05, 0.1) is 0 Å². The van der Waals surface area contributed by atoms with Crippen LogP contribution in [0.25, 0.3) is 55.3 Å². The molecule has 0 saturated heterocycles. The van der Waals surface area contributed by atoms with Gasteiger partial charge in [0.25, 0.3) is 0 Å². The Kier molecular flexibility index (Phi) is 5.49. The highest BCUT2D eigenvalue weighted by atomic mass is 16.3. The Hall–Kier alpha value is -5.08. The summed E-state index contributed by atoms with van der Waals surface area (Å²) in [5.41, 5.74) is 11.2. The largest absolute Gasteiger partial charge is 0.456 e. The number of hydrogen-bond donors (Lipinski definition) is 1. The van der Waals surface area contributed by atoms with E-state index in [2.05, 4.69) is 139 Å². The lowest BCUT2D eigenvalue weighted by Crippen LogP contribution is -1.91. The smallest absolute Gasteiger partial charge is 0.135 e. The average molecular weight is 488 g/mol. The zero-order chi connectivity index (χ0) is 25.3. The van der Waals surface area contributed by atoms with Gasteiger partial charge in [-0.1, -0.05) is 103 Å². The Bertz CT molecular complexity index is 1880. The fourth-order valence-electron chi connectivity index (χ4n) is 5.19. The lowest BCUT2D eigenvalue weighted by molar-refractivity contribution is 0.669. The number of para-hydroxylation sites is 1. The monoisotopic (exact) mass is 487 g/mol. The van der Waals surface area contributed by atoms with Crippen molar-refractivity contribution in [3.05, 3.63) is 146 Å². The van der Waals surface area contributed by atoms with Crippen molar-refractivity contribution in [3.63, 3.8) is 0 Å². The van der Waals surface area contributed by atoms with E-state index in [-0.39, 0.29) is 0 Å². The van der Waals surface area contributed by atoms with E-state index in [0.29, 0.717) is 0 Å². The lowest BCUT2D eigenvalue weighted by Gasteiger charge is -2.13. The number of rotatable bonds is 5. The fourth-order valence-corrected chi connectivity index (χ4v) is 5.19. The highest BCUT2D eigenvalue weighted by molar-refractivity contribution is 6.06. The molecular formula is C36H25NO. The second-order valence-electron chi connectivity index (χ2n) is 9.50. The van der Waals surface area contributed by atoms with Crippen LogP contribution in [0.5, 0.6) is 0 Å². The number of fused-ring (bicyclic) bond motifs is 3. The molecule has 2 nitrogen and oxygen atoms in total. The quantitative estimate of drug-likeness (QED) is 0.261. The molecule has 1 heterocycles. The molecule has 180 valence electrons. The first kappa shape index (κ1) is 22.1.